The average molecular weight is 559 g/mol. The number of imidazole rings is 1. The van der Waals surface area contributed by atoms with Gasteiger partial charge >= 0.3 is 18.1 Å². The van der Waals surface area contributed by atoms with Crippen LogP contribution in [-0.2, 0) is 23.6 Å². The third-order valence-electron chi connectivity index (χ3n) is 5.66. The molecule has 2 amide bonds. The maximum absolute atomic E-state index is 11.9. The van der Waals surface area contributed by atoms with Crippen LogP contribution in [0, 0.1) is 0 Å². The summed E-state index contributed by atoms with van der Waals surface area (Å²) in [4.78, 5) is 26.1. The molecule has 1 aromatic heterocycles. The number of rotatable bonds is 13. The van der Waals surface area contributed by atoms with Gasteiger partial charge in [-0.1, -0.05) is 5.11 Å². The van der Waals surface area contributed by atoms with Gasteiger partial charge in [-0.2, -0.15) is 0 Å². The summed E-state index contributed by atoms with van der Waals surface area (Å²) in [6.07, 6.45) is 6.54. The van der Waals surface area contributed by atoms with Crippen molar-refractivity contribution in [2.75, 3.05) is 31.1 Å². The number of alkyl carbamates (subject to hydrolysis) is 2. The monoisotopic (exact) mass is 558 g/mol. The quantitative estimate of drug-likeness (QED) is 0.187. The summed E-state index contributed by atoms with van der Waals surface area (Å²) >= 11 is 0. The van der Waals surface area contributed by atoms with E-state index in [1.54, 1.807) is 0 Å². The second-order valence-electron chi connectivity index (χ2n) is 11.8. The second kappa shape index (κ2) is 15.2. The Morgan fingerprint density at radius 3 is 1.77 bits per heavy atom. The standard InChI is InChI=1S/C29H47N7O4/c1-28(2,3)39-26(37)30-17-9-11-19-36(20-12-10-18-31-27(38)40-29(4,5)6)24-15-13-23(14-16-24)32-33-25-34(7)21-22-35(25)8/h13-16,21-22H,9-12,17-20H2,1-8H3,(H-,30,31,37,38)/p+1. The lowest BCUT2D eigenvalue weighted by Gasteiger charge is -2.25. The number of carbonyl (C=O) groups excluding carboxylic acids is 2. The van der Waals surface area contributed by atoms with Crippen molar-refractivity contribution in [3.05, 3.63) is 36.7 Å². The van der Waals surface area contributed by atoms with Gasteiger partial charge in [0.25, 0.3) is 0 Å². The van der Waals surface area contributed by atoms with Crippen molar-refractivity contribution in [3.63, 3.8) is 0 Å². The molecular formula is C29H48N7O4+. The lowest BCUT2D eigenvalue weighted by atomic mass is 10.2. The normalized spacial score (nSPS) is 11.9. The highest BCUT2D eigenvalue weighted by Gasteiger charge is 2.17. The summed E-state index contributed by atoms with van der Waals surface area (Å²) in [7, 11) is 3.86. The zero-order valence-corrected chi connectivity index (χ0v) is 25.5. The Labute approximate surface area is 238 Å². The molecule has 1 aromatic carbocycles. The van der Waals surface area contributed by atoms with Gasteiger partial charge in [0.2, 0.25) is 0 Å². The van der Waals surface area contributed by atoms with Crippen molar-refractivity contribution in [1.82, 2.24) is 15.2 Å². The topological polar surface area (TPSA) is 113 Å². The molecule has 0 radical (unpaired) electrons. The Kier molecular flexibility index (Phi) is 12.4. The molecule has 1 heterocycles. The molecule has 2 N–H and O–H groups in total. The maximum atomic E-state index is 11.9. The van der Waals surface area contributed by atoms with E-state index < -0.39 is 23.4 Å². The van der Waals surface area contributed by atoms with Crippen molar-refractivity contribution in [3.8, 4) is 0 Å². The number of amides is 2. The summed E-state index contributed by atoms with van der Waals surface area (Å²) in [5.74, 6) is 0.755. The van der Waals surface area contributed by atoms with Gasteiger partial charge in [0.15, 0.2) is 0 Å². The molecule has 40 heavy (non-hydrogen) atoms. The van der Waals surface area contributed by atoms with Gasteiger partial charge in [-0.05, 0) is 91.5 Å². The number of ether oxygens (including phenoxy) is 2. The van der Waals surface area contributed by atoms with Gasteiger partial charge in [0, 0.05) is 37.0 Å². The van der Waals surface area contributed by atoms with Gasteiger partial charge in [0.05, 0.1) is 26.5 Å². The number of unbranched alkanes of at least 4 members (excludes halogenated alkanes) is 2. The molecule has 0 saturated carbocycles. The SMILES string of the molecule is Cn1cc[n+](C)c1N=Nc1ccc(N(CCCCNC(=O)OC(C)(C)C)CCCCNC(=O)OC(C)(C)C)cc1. The van der Waals surface area contributed by atoms with E-state index in [1.165, 1.54) is 0 Å². The smallest absolute Gasteiger partial charge is 0.421 e. The van der Waals surface area contributed by atoms with Gasteiger partial charge in [-0.3, -0.25) is 0 Å². The van der Waals surface area contributed by atoms with Crippen LogP contribution < -0.4 is 20.1 Å². The van der Waals surface area contributed by atoms with Crippen LogP contribution in [0.25, 0.3) is 0 Å². The van der Waals surface area contributed by atoms with Crippen molar-refractivity contribution < 1.29 is 23.6 Å². The van der Waals surface area contributed by atoms with Crippen molar-refractivity contribution in [1.29, 1.82) is 0 Å². The van der Waals surface area contributed by atoms with E-state index in [-0.39, 0.29) is 0 Å². The van der Waals surface area contributed by atoms with Crippen LogP contribution in [0.5, 0.6) is 0 Å². The summed E-state index contributed by atoms with van der Waals surface area (Å²) in [6, 6.07) is 8.03. The number of aryl methyl sites for hydroxylation is 2. The minimum absolute atomic E-state index is 0.393. The van der Waals surface area contributed by atoms with Crippen LogP contribution in [0.3, 0.4) is 0 Å². The first-order valence-corrected chi connectivity index (χ1v) is 13.9. The van der Waals surface area contributed by atoms with Crippen molar-refractivity contribution >= 4 is 29.5 Å². The molecule has 11 nitrogen and oxygen atoms in total. The Morgan fingerprint density at radius 2 is 1.35 bits per heavy atom. The highest BCUT2D eigenvalue weighted by atomic mass is 16.6. The first-order chi connectivity index (χ1) is 18.7. The van der Waals surface area contributed by atoms with Crippen LogP contribution in [0.15, 0.2) is 46.9 Å². The molecular weight excluding hydrogens is 510 g/mol. The van der Waals surface area contributed by atoms with Gasteiger partial charge in [0.1, 0.15) is 16.9 Å². The first-order valence-electron chi connectivity index (χ1n) is 13.9. The summed E-state index contributed by atoms with van der Waals surface area (Å²) in [5, 5.41) is 14.4. The fourth-order valence-corrected chi connectivity index (χ4v) is 3.79. The van der Waals surface area contributed by atoms with Gasteiger partial charge in [-0.25, -0.2) is 18.7 Å². The molecule has 0 saturated heterocycles. The number of aromatic nitrogens is 2. The fourth-order valence-electron chi connectivity index (χ4n) is 3.79. The van der Waals surface area contributed by atoms with Crippen LogP contribution in [0.4, 0.5) is 26.9 Å². The molecule has 0 unspecified atom stereocenters. The third-order valence-corrected chi connectivity index (χ3v) is 5.66. The molecule has 222 valence electrons. The van der Waals surface area contributed by atoms with Crippen LogP contribution in [0.2, 0.25) is 0 Å². The molecule has 0 fully saturated rings. The Hall–Kier alpha value is -3.63. The number of azo groups is 1. The molecule has 0 aliphatic carbocycles. The second-order valence-corrected chi connectivity index (χ2v) is 11.8. The van der Waals surface area contributed by atoms with E-state index in [2.05, 4.69) is 37.9 Å². The Morgan fingerprint density at radius 1 is 0.850 bits per heavy atom. The summed E-state index contributed by atoms with van der Waals surface area (Å²) < 4.78 is 14.4. The van der Waals surface area contributed by atoms with E-state index in [0.29, 0.717) is 13.1 Å². The lowest BCUT2D eigenvalue weighted by Crippen LogP contribution is -2.34. The average Bonchev–Trinajstić information content (AvgIpc) is 3.16. The minimum Gasteiger partial charge on any atom is -0.444 e. The minimum atomic E-state index is -0.510. The molecule has 11 heteroatoms. The van der Waals surface area contributed by atoms with Gasteiger partial charge in [-0.15, -0.1) is 0 Å². The van der Waals surface area contributed by atoms with Crippen LogP contribution in [0.1, 0.15) is 67.2 Å². The third kappa shape index (κ3) is 12.9. The number of nitrogens with zero attached hydrogens (tertiary/aromatic N) is 5. The van der Waals surface area contributed by atoms with Gasteiger partial charge < -0.3 is 25.0 Å². The number of benzene rings is 1. The van der Waals surface area contributed by atoms with Crippen molar-refractivity contribution in [2.45, 2.75) is 78.4 Å². The predicted molar refractivity (Wildman–Crippen MR) is 156 cm³/mol. The summed E-state index contributed by atoms with van der Waals surface area (Å²) in [5.41, 5.74) is 0.837. The Bertz CT molecular complexity index is 1040. The maximum Gasteiger partial charge on any atom is 0.421 e. The van der Waals surface area contributed by atoms with E-state index in [9.17, 15) is 9.59 Å². The largest absolute Gasteiger partial charge is 0.444 e. The van der Waals surface area contributed by atoms with Crippen LogP contribution >= 0.6 is 0 Å². The van der Waals surface area contributed by atoms with E-state index in [1.807, 2.05) is 89.3 Å². The zero-order valence-electron chi connectivity index (χ0n) is 25.5. The number of nitrogens with one attached hydrogen (secondary N) is 2. The molecule has 0 aliphatic heterocycles. The molecule has 0 bridgehead atoms. The lowest BCUT2D eigenvalue weighted by molar-refractivity contribution is -0.657. The number of hydrogen-bond acceptors (Lipinski definition) is 7. The number of hydrogen-bond donors (Lipinski definition) is 2. The van der Waals surface area contributed by atoms with Crippen molar-refractivity contribution in [2.24, 2.45) is 24.3 Å². The zero-order chi connectivity index (χ0) is 29.8. The number of carbonyl (C=O) groups is 2. The molecule has 0 spiro atoms. The molecule has 0 aliphatic rings. The highest BCUT2D eigenvalue weighted by molar-refractivity contribution is 5.67. The summed E-state index contributed by atoms with van der Waals surface area (Å²) in [6.45, 7) is 13.9. The molecule has 0 atom stereocenters. The van der Waals surface area contributed by atoms with Crippen LogP contribution in [-0.4, -0.2) is 54.1 Å². The van der Waals surface area contributed by atoms with E-state index in [4.69, 9.17) is 9.47 Å². The highest BCUT2D eigenvalue weighted by Crippen LogP contribution is 2.22. The Balaban J connectivity index is 1.92. The molecule has 2 aromatic rings. The molecule has 2 rings (SSSR count). The predicted octanol–water partition coefficient (Wildman–Crippen LogP) is 5.68. The number of anilines is 1. The van der Waals surface area contributed by atoms with E-state index in [0.717, 1.165) is 56.1 Å². The first kappa shape index (κ1) is 32.6. The fraction of sp³-hybridized carbons (Fsp3) is 0.621. The van der Waals surface area contributed by atoms with E-state index >= 15 is 0 Å².